The first-order valence-electron chi connectivity index (χ1n) is 5.26. The molecule has 0 bridgehead atoms. The van der Waals surface area contributed by atoms with Crippen molar-refractivity contribution in [1.29, 1.82) is 0 Å². The average molecular weight is 241 g/mol. The van der Waals surface area contributed by atoms with Crippen LogP contribution < -0.4 is 10.6 Å². The number of nitrogens with one attached hydrogen (secondary N) is 1. The Labute approximate surface area is 95.1 Å². The van der Waals surface area contributed by atoms with Crippen LogP contribution in [-0.2, 0) is 4.57 Å². The SMILES string of the molecule is CCCCNC(=O)P(=O)(O)c1ccccc1. The molecule has 0 saturated heterocycles. The van der Waals surface area contributed by atoms with Crippen LogP contribution in [0.2, 0.25) is 0 Å². The third-order valence-electron chi connectivity index (χ3n) is 2.19. The van der Waals surface area contributed by atoms with Gasteiger partial charge in [0.2, 0.25) is 0 Å². The number of carbonyl (C=O) groups excluding carboxylic acids is 1. The van der Waals surface area contributed by atoms with Gasteiger partial charge < -0.3 is 10.2 Å². The standard InChI is InChI=1S/C11H16NO3P/c1-2-3-9-12-11(13)16(14,15)10-7-5-4-6-8-10/h4-8H,2-3,9H2,1H3,(H,12,13)(H,14,15). The van der Waals surface area contributed by atoms with Crippen molar-refractivity contribution in [3.8, 4) is 0 Å². The summed E-state index contributed by atoms with van der Waals surface area (Å²) in [6, 6.07) is 7.98. The quantitative estimate of drug-likeness (QED) is 0.612. The van der Waals surface area contributed by atoms with Crippen molar-refractivity contribution in [3.63, 3.8) is 0 Å². The number of hydrogen-bond donors (Lipinski definition) is 2. The van der Waals surface area contributed by atoms with Crippen LogP contribution in [0.3, 0.4) is 0 Å². The van der Waals surface area contributed by atoms with Crippen molar-refractivity contribution in [2.24, 2.45) is 0 Å². The van der Waals surface area contributed by atoms with Crippen LogP contribution in [0, 0.1) is 0 Å². The molecule has 0 aliphatic carbocycles. The lowest BCUT2D eigenvalue weighted by Gasteiger charge is -2.11. The molecule has 5 heteroatoms. The predicted octanol–water partition coefficient (Wildman–Crippen LogP) is 2.09. The maximum absolute atomic E-state index is 11.9. The van der Waals surface area contributed by atoms with E-state index in [9.17, 15) is 14.3 Å². The van der Waals surface area contributed by atoms with Crippen molar-refractivity contribution in [1.82, 2.24) is 5.32 Å². The van der Waals surface area contributed by atoms with Crippen molar-refractivity contribution >= 4 is 18.3 Å². The molecular weight excluding hydrogens is 225 g/mol. The highest BCUT2D eigenvalue weighted by Gasteiger charge is 2.30. The summed E-state index contributed by atoms with van der Waals surface area (Å²) in [5.41, 5.74) is -0.785. The van der Waals surface area contributed by atoms with Crippen LogP contribution in [0.1, 0.15) is 19.8 Å². The fourth-order valence-corrected chi connectivity index (χ4v) is 2.36. The van der Waals surface area contributed by atoms with Gasteiger partial charge in [-0.25, -0.2) is 0 Å². The fourth-order valence-electron chi connectivity index (χ4n) is 1.23. The molecule has 0 fully saturated rings. The largest absolute Gasteiger partial charge is 0.347 e. The molecule has 16 heavy (non-hydrogen) atoms. The van der Waals surface area contributed by atoms with E-state index in [-0.39, 0.29) is 5.30 Å². The molecule has 88 valence electrons. The molecule has 1 rings (SSSR count). The van der Waals surface area contributed by atoms with E-state index in [2.05, 4.69) is 5.32 Å². The summed E-state index contributed by atoms with van der Waals surface area (Å²) in [7, 11) is -3.93. The van der Waals surface area contributed by atoms with E-state index in [1.54, 1.807) is 18.2 Å². The highest BCUT2D eigenvalue weighted by molar-refractivity contribution is 7.81. The van der Waals surface area contributed by atoms with Gasteiger partial charge in [0.25, 0.3) is 0 Å². The molecule has 2 N–H and O–H groups in total. The lowest BCUT2D eigenvalue weighted by molar-refractivity contribution is 0.255. The Balaban J connectivity index is 2.71. The van der Waals surface area contributed by atoms with Gasteiger partial charge in [-0.1, -0.05) is 31.5 Å². The van der Waals surface area contributed by atoms with Crippen LogP contribution in [-0.4, -0.2) is 17.1 Å². The molecule has 1 amide bonds. The number of benzene rings is 1. The first-order valence-corrected chi connectivity index (χ1v) is 6.91. The minimum Gasteiger partial charge on any atom is -0.347 e. The predicted molar refractivity (Wildman–Crippen MR) is 64.2 cm³/mol. The number of amides is 1. The Bertz CT molecular complexity index is 391. The number of rotatable bonds is 5. The van der Waals surface area contributed by atoms with Crippen LogP contribution in [0.4, 0.5) is 4.79 Å². The van der Waals surface area contributed by atoms with Crippen molar-refractivity contribution in [2.75, 3.05) is 6.54 Å². The van der Waals surface area contributed by atoms with Crippen molar-refractivity contribution in [2.45, 2.75) is 19.8 Å². The minimum atomic E-state index is -3.93. The third kappa shape index (κ3) is 3.19. The number of unbranched alkanes of at least 4 members (excludes halogenated alkanes) is 1. The molecule has 0 aromatic heterocycles. The first-order chi connectivity index (χ1) is 7.59. The van der Waals surface area contributed by atoms with Crippen molar-refractivity contribution < 1.29 is 14.3 Å². The molecule has 0 saturated carbocycles. The molecule has 1 atom stereocenters. The second-order valence-electron chi connectivity index (χ2n) is 3.50. The smallest absolute Gasteiger partial charge is 0.314 e. The zero-order valence-corrected chi connectivity index (χ0v) is 10.1. The topological polar surface area (TPSA) is 66.4 Å². The van der Waals surface area contributed by atoms with Gasteiger partial charge in [-0.3, -0.25) is 9.36 Å². The average Bonchev–Trinajstić information content (AvgIpc) is 2.30. The Kier molecular flexibility index (Phi) is 4.71. The Morgan fingerprint density at radius 1 is 1.38 bits per heavy atom. The molecule has 4 nitrogen and oxygen atoms in total. The van der Waals surface area contributed by atoms with Crippen LogP contribution in [0.15, 0.2) is 30.3 Å². The summed E-state index contributed by atoms with van der Waals surface area (Å²) in [6.07, 6.45) is 1.74. The second-order valence-corrected chi connectivity index (χ2v) is 5.57. The lowest BCUT2D eigenvalue weighted by Crippen LogP contribution is -2.26. The maximum atomic E-state index is 11.9. The fraction of sp³-hybridized carbons (Fsp3) is 0.364. The summed E-state index contributed by atoms with van der Waals surface area (Å²) in [5.74, 6) is 0. The Morgan fingerprint density at radius 2 is 2.00 bits per heavy atom. The molecule has 0 radical (unpaired) electrons. The molecule has 1 aromatic carbocycles. The van der Waals surface area contributed by atoms with Gasteiger partial charge in [-0.05, 0) is 18.6 Å². The molecule has 1 aromatic rings. The second kappa shape index (κ2) is 5.83. The normalized spacial score (nSPS) is 14.1. The Morgan fingerprint density at radius 3 is 2.56 bits per heavy atom. The van der Waals surface area contributed by atoms with Gasteiger partial charge in [0.15, 0.2) is 0 Å². The van der Waals surface area contributed by atoms with E-state index < -0.39 is 13.0 Å². The van der Waals surface area contributed by atoms with E-state index in [0.717, 1.165) is 12.8 Å². The van der Waals surface area contributed by atoms with Gasteiger partial charge in [0.1, 0.15) is 0 Å². The zero-order chi connectivity index (χ0) is 12.0. The molecule has 1 unspecified atom stereocenters. The summed E-state index contributed by atoms with van der Waals surface area (Å²) in [4.78, 5) is 21.2. The van der Waals surface area contributed by atoms with Crippen LogP contribution >= 0.6 is 7.37 Å². The highest BCUT2D eigenvalue weighted by Crippen LogP contribution is 2.39. The molecule has 0 spiro atoms. The van der Waals surface area contributed by atoms with Gasteiger partial charge in [-0.2, -0.15) is 0 Å². The monoisotopic (exact) mass is 241 g/mol. The van der Waals surface area contributed by atoms with E-state index in [1.165, 1.54) is 12.1 Å². The summed E-state index contributed by atoms with van der Waals surface area (Å²) >= 11 is 0. The molecular formula is C11H16NO3P. The maximum Gasteiger partial charge on any atom is 0.314 e. The lowest BCUT2D eigenvalue weighted by atomic mass is 10.3. The molecule has 0 aliphatic heterocycles. The summed E-state index contributed by atoms with van der Waals surface area (Å²) < 4.78 is 11.9. The molecule has 0 heterocycles. The van der Waals surface area contributed by atoms with E-state index in [1.807, 2.05) is 6.92 Å². The third-order valence-corrected chi connectivity index (χ3v) is 3.89. The van der Waals surface area contributed by atoms with Gasteiger partial charge in [-0.15, -0.1) is 0 Å². The number of hydrogen-bond acceptors (Lipinski definition) is 2. The van der Waals surface area contributed by atoms with Crippen LogP contribution in [0.5, 0.6) is 0 Å². The van der Waals surface area contributed by atoms with Crippen molar-refractivity contribution in [3.05, 3.63) is 30.3 Å². The van der Waals surface area contributed by atoms with Gasteiger partial charge in [0.05, 0.1) is 0 Å². The first kappa shape index (κ1) is 12.9. The molecule has 0 aliphatic rings. The summed E-state index contributed by atoms with van der Waals surface area (Å²) in [5, 5.41) is 2.64. The summed E-state index contributed by atoms with van der Waals surface area (Å²) in [6.45, 7) is 2.43. The van der Waals surface area contributed by atoms with E-state index in [0.29, 0.717) is 6.54 Å². The van der Waals surface area contributed by atoms with Crippen LogP contribution in [0.25, 0.3) is 0 Å². The van der Waals surface area contributed by atoms with E-state index in [4.69, 9.17) is 0 Å². The number of carbonyl (C=O) groups is 1. The Hall–Kier alpha value is -1.12. The van der Waals surface area contributed by atoms with Gasteiger partial charge in [0, 0.05) is 11.8 Å². The van der Waals surface area contributed by atoms with E-state index >= 15 is 0 Å². The highest BCUT2D eigenvalue weighted by atomic mass is 31.2. The minimum absolute atomic E-state index is 0.170. The zero-order valence-electron chi connectivity index (χ0n) is 9.22. The van der Waals surface area contributed by atoms with Gasteiger partial charge >= 0.3 is 13.0 Å².